The molecule has 0 saturated heterocycles. The number of aliphatic carboxylic acids is 1. The summed E-state index contributed by atoms with van der Waals surface area (Å²) >= 11 is 17.7. The summed E-state index contributed by atoms with van der Waals surface area (Å²) < 4.78 is 12.9. The minimum Gasteiger partial charge on any atom is -0.481 e. The Morgan fingerprint density at radius 2 is 1.65 bits per heavy atom. The highest BCUT2D eigenvalue weighted by Crippen LogP contribution is 2.41. The lowest BCUT2D eigenvalue weighted by Crippen LogP contribution is -2.24. The van der Waals surface area contributed by atoms with Crippen molar-refractivity contribution in [3.05, 3.63) is 127 Å². The Morgan fingerprint density at radius 1 is 0.941 bits per heavy atom. The molecule has 1 aliphatic rings. The molecule has 2 aromatic heterocycles. The molecule has 0 saturated carbocycles. The molecule has 0 bridgehead atoms. The molecule has 5 aromatic rings. The predicted molar refractivity (Wildman–Crippen MR) is 202 cm³/mol. The summed E-state index contributed by atoms with van der Waals surface area (Å²) in [6.45, 7) is 3.55. The van der Waals surface area contributed by atoms with Crippen LogP contribution >= 0.6 is 39.1 Å². The van der Waals surface area contributed by atoms with E-state index in [0.29, 0.717) is 44.0 Å². The molecule has 11 heteroatoms. The van der Waals surface area contributed by atoms with E-state index in [1.165, 1.54) is 17.3 Å². The fraction of sp³-hybridized carbons (Fsp3) is 0.250. The second-order valence-electron chi connectivity index (χ2n) is 13.3. The SMILES string of the molecule is CC(C)(CCc1cc(Br)c(OCc2cccc(-c3cccc(-c4ccc5c(c4)C[C@@H](N)C5)c3Cl)c2Cl)nc1OCc1cncc(C#N)c1)C(=O)O. The maximum Gasteiger partial charge on any atom is 0.309 e. The van der Waals surface area contributed by atoms with Crippen molar-refractivity contribution in [2.75, 3.05) is 0 Å². The Balaban J connectivity index is 1.25. The molecule has 6 rings (SSSR count). The normalized spacial score (nSPS) is 13.8. The monoisotopic (exact) mass is 784 g/mol. The van der Waals surface area contributed by atoms with E-state index in [-0.39, 0.29) is 31.0 Å². The van der Waals surface area contributed by atoms with Crippen molar-refractivity contribution in [2.45, 2.75) is 58.8 Å². The Bertz CT molecular complexity index is 2170. The molecule has 2 heterocycles. The molecule has 0 spiro atoms. The molecule has 3 aromatic carbocycles. The standard InChI is InChI=1S/C40H35BrCl2N4O4/c1-40(2,39(48)49)12-11-27-17-34(41)38(47-37(27)50-21-24-13-23(18-44)19-46-20-24)51-22-28-5-3-7-32(35(28)42)33-8-4-6-31(36(33)43)26-10-9-25-15-30(45)16-29(25)14-26/h3-10,13-14,17,19-20,30H,11-12,15-16,21-22,45H2,1-2H3,(H,48,49)/t30-/m0/s1. The van der Waals surface area contributed by atoms with E-state index in [4.69, 9.17) is 43.4 Å². The highest BCUT2D eigenvalue weighted by atomic mass is 79.9. The molecule has 51 heavy (non-hydrogen) atoms. The van der Waals surface area contributed by atoms with Crippen molar-refractivity contribution in [3.63, 3.8) is 0 Å². The molecule has 260 valence electrons. The highest BCUT2D eigenvalue weighted by Gasteiger charge is 2.28. The van der Waals surface area contributed by atoms with Crippen molar-refractivity contribution < 1.29 is 19.4 Å². The number of hydrogen-bond acceptors (Lipinski definition) is 7. The number of aryl methyl sites for hydroxylation is 1. The van der Waals surface area contributed by atoms with Crippen LogP contribution in [-0.4, -0.2) is 27.1 Å². The lowest BCUT2D eigenvalue weighted by atomic mass is 9.86. The van der Waals surface area contributed by atoms with Crippen molar-refractivity contribution >= 4 is 45.1 Å². The van der Waals surface area contributed by atoms with E-state index in [0.717, 1.165) is 40.7 Å². The highest BCUT2D eigenvalue weighted by molar-refractivity contribution is 9.10. The van der Waals surface area contributed by atoms with Gasteiger partial charge in [-0.2, -0.15) is 10.2 Å². The number of benzene rings is 3. The summed E-state index contributed by atoms with van der Waals surface area (Å²) in [7, 11) is 0. The van der Waals surface area contributed by atoms with Crippen LogP contribution in [0.1, 0.15) is 53.6 Å². The second-order valence-corrected chi connectivity index (χ2v) is 14.9. The maximum atomic E-state index is 11.8. The van der Waals surface area contributed by atoms with Crippen LogP contribution in [0.25, 0.3) is 22.3 Å². The molecule has 1 atom stereocenters. The van der Waals surface area contributed by atoms with Crippen LogP contribution < -0.4 is 15.2 Å². The van der Waals surface area contributed by atoms with Crippen LogP contribution in [0.4, 0.5) is 0 Å². The van der Waals surface area contributed by atoms with Crippen molar-refractivity contribution in [3.8, 4) is 40.1 Å². The van der Waals surface area contributed by atoms with Crippen LogP contribution in [-0.2, 0) is 37.3 Å². The van der Waals surface area contributed by atoms with Gasteiger partial charge in [0.25, 0.3) is 0 Å². The minimum atomic E-state index is -0.955. The van der Waals surface area contributed by atoms with Gasteiger partial charge in [0, 0.05) is 51.8 Å². The van der Waals surface area contributed by atoms with Gasteiger partial charge in [-0.15, -0.1) is 0 Å². The van der Waals surface area contributed by atoms with Crippen LogP contribution in [0.5, 0.6) is 11.8 Å². The molecular weight excluding hydrogens is 751 g/mol. The third-order valence-corrected chi connectivity index (χ3v) is 10.5. The first-order chi connectivity index (χ1) is 24.4. The number of fused-ring (bicyclic) bond motifs is 1. The summed E-state index contributed by atoms with van der Waals surface area (Å²) in [5.74, 6) is -0.335. The topological polar surface area (TPSA) is 131 Å². The number of hydrogen-bond donors (Lipinski definition) is 2. The predicted octanol–water partition coefficient (Wildman–Crippen LogP) is 9.38. The first kappa shape index (κ1) is 36.3. The first-order valence-electron chi connectivity index (χ1n) is 16.4. The smallest absolute Gasteiger partial charge is 0.309 e. The van der Waals surface area contributed by atoms with Gasteiger partial charge in [0.05, 0.1) is 25.5 Å². The molecular formula is C40H35BrCl2N4O4. The van der Waals surface area contributed by atoms with Gasteiger partial charge in [0.15, 0.2) is 0 Å². The van der Waals surface area contributed by atoms with E-state index < -0.39 is 11.4 Å². The number of carbonyl (C=O) groups is 1. The average Bonchev–Trinajstić information content (AvgIpc) is 3.49. The Labute approximate surface area is 315 Å². The van der Waals surface area contributed by atoms with Crippen LogP contribution in [0.3, 0.4) is 0 Å². The number of nitriles is 1. The van der Waals surface area contributed by atoms with Crippen LogP contribution in [0.2, 0.25) is 10.0 Å². The van der Waals surface area contributed by atoms with E-state index in [1.807, 2.05) is 42.5 Å². The molecule has 0 unspecified atom stereocenters. The number of pyridine rings is 2. The molecule has 0 amide bonds. The quantitative estimate of drug-likeness (QED) is 0.128. The summed E-state index contributed by atoms with van der Waals surface area (Å²) in [6.07, 6.45) is 5.57. The number of ether oxygens (including phenoxy) is 2. The van der Waals surface area contributed by atoms with Crippen LogP contribution in [0.15, 0.2) is 83.6 Å². The zero-order chi connectivity index (χ0) is 36.3. The van der Waals surface area contributed by atoms with Gasteiger partial charge in [-0.1, -0.05) is 77.8 Å². The second kappa shape index (κ2) is 15.4. The van der Waals surface area contributed by atoms with E-state index in [1.54, 1.807) is 26.1 Å². The van der Waals surface area contributed by atoms with E-state index in [9.17, 15) is 15.2 Å². The number of nitrogens with zero attached hydrogens (tertiary/aromatic N) is 3. The van der Waals surface area contributed by atoms with Gasteiger partial charge in [-0.3, -0.25) is 9.78 Å². The van der Waals surface area contributed by atoms with Crippen LogP contribution in [0, 0.1) is 16.7 Å². The van der Waals surface area contributed by atoms with Crippen molar-refractivity contribution in [2.24, 2.45) is 11.1 Å². The molecule has 0 aliphatic heterocycles. The number of carboxylic acids is 1. The number of carboxylic acid groups (broad SMARTS) is 1. The molecule has 0 radical (unpaired) electrons. The van der Waals surface area contributed by atoms with Gasteiger partial charge in [0.2, 0.25) is 11.8 Å². The van der Waals surface area contributed by atoms with E-state index >= 15 is 0 Å². The summed E-state index contributed by atoms with van der Waals surface area (Å²) in [4.78, 5) is 20.6. The summed E-state index contributed by atoms with van der Waals surface area (Å²) in [5.41, 5.74) is 13.8. The van der Waals surface area contributed by atoms with Gasteiger partial charge in [0.1, 0.15) is 19.3 Å². The molecule has 0 fully saturated rings. The maximum absolute atomic E-state index is 11.8. The third kappa shape index (κ3) is 8.21. The Hall–Kier alpha value is -4.46. The summed E-state index contributed by atoms with van der Waals surface area (Å²) in [6, 6.07) is 23.8. The van der Waals surface area contributed by atoms with E-state index in [2.05, 4.69) is 45.2 Å². The van der Waals surface area contributed by atoms with Crippen molar-refractivity contribution in [1.82, 2.24) is 9.97 Å². The fourth-order valence-corrected chi connectivity index (χ4v) is 7.16. The van der Waals surface area contributed by atoms with Gasteiger partial charge < -0.3 is 20.3 Å². The Morgan fingerprint density at radius 3 is 2.41 bits per heavy atom. The number of nitrogens with two attached hydrogens (primary N) is 1. The number of halogens is 3. The van der Waals surface area contributed by atoms with Gasteiger partial charge in [-0.05, 0) is 84.3 Å². The lowest BCUT2D eigenvalue weighted by Gasteiger charge is -2.20. The largest absolute Gasteiger partial charge is 0.481 e. The Kier molecular flexibility index (Phi) is 11.0. The number of rotatable bonds is 12. The molecule has 1 aliphatic carbocycles. The third-order valence-electron chi connectivity index (χ3n) is 9.09. The lowest BCUT2D eigenvalue weighted by molar-refractivity contribution is -0.147. The zero-order valence-corrected chi connectivity index (χ0v) is 31.1. The first-order valence-corrected chi connectivity index (χ1v) is 17.9. The fourth-order valence-electron chi connectivity index (χ4n) is 6.06. The average molecular weight is 787 g/mol. The number of aromatic nitrogens is 2. The van der Waals surface area contributed by atoms with Gasteiger partial charge >= 0.3 is 5.97 Å². The van der Waals surface area contributed by atoms with Gasteiger partial charge in [-0.25, -0.2) is 0 Å². The summed E-state index contributed by atoms with van der Waals surface area (Å²) in [5, 5.41) is 20.1. The molecule has 8 nitrogen and oxygen atoms in total. The van der Waals surface area contributed by atoms with Crippen molar-refractivity contribution in [1.29, 1.82) is 5.26 Å². The zero-order valence-electron chi connectivity index (χ0n) is 28.1. The minimum absolute atomic E-state index is 0.0958. The molecule has 3 N–H and O–H groups in total.